The largest absolute Gasteiger partial charge is 0.480 e. The Morgan fingerprint density at radius 2 is 2.05 bits per heavy atom. The fourth-order valence-corrected chi connectivity index (χ4v) is 2.92. The summed E-state index contributed by atoms with van der Waals surface area (Å²) in [6.45, 7) is 1.02. The highest BCUT2D eigenvalue weighted by Crippen LogP contribution is 2.26. The van der Waals surface area contributed by atoms with Crippen LogP contribution in [0, 0.1) is 15.9 Å². The quantitative estimate of drug-likeness (QED) is 0.487. The van der Waals surface area contributed by atoms with Gasteiger partial charge in [-0.1, -0.05) is 6.07 Å². The smallest absolute Gasteiger partial charge is 0.324 e. The van der Waals surface area contributed by atoms with Gasteiger partial charge in [0.25, 0.3) is 0 Å². The van der Waals surface area contributed by atoms with E-state index in [0.717, 1.165) is 19.1 Å². The fraction of sp³-hybridized carbons (Fsp3) is 0.300. The van der Waals surface area contributed by atoms with Crippen molar-refractivity contribution in [3.8, 4) is 0 Å². The Kier molecular flexibility index (Phi) is 4.93. The highest BCUT2D eigenvalue weighted by Gasteiger charge is 2.34. The number of aliphatic carboxylic acids is 1. The Morgan fingerprint density at radius 1 is 1.48 bits per heavy atom. The van der Waals surface area contributed by atoms with Crippen molar-refractivity contribution in [1.82, 2.24) is 4.72 Å². The van der Waals surface area contributed by atoms with Crippen LogP contribution in [0.3, 0.4) is 0 Å². The number of aliphatic hydroxyl groups excluding tert-OH is 1. The third kappa shape index (κ3) is 3.71. The molecule has 0 aliphatic rings. The lowest BCUT2D eigenvalue weighted by Crippen LogP contribution is -2.47. The molecule has 0 aliphatic heterocycles. The molecule has 2 atom stereocenters. The van der Waals surface area contributed by atoms with Crippen molar-refractivity contribution >= 4 is 21.7 Å². The van der Waals surface area contributed by atoms with Gasteiger partial charge in [-0.2, -0.15) is 9.11 Å². The molecule has 21 heavy (non-hydrogen) atoms. The maximum absolute atomic E-state index is 13.4. The molecule has 116 valence electrons. The minimum atomic E-state index is -4.72. The Morgan fingerprint density at radius 3 is 2.48 bits per heavy atom. The molecule has 1 aromatic rings. The first-order valence-electron chi connectivity index (χ1n) is 5.44. The van der Waals surface area contributed by atoms with E-state index in [1.54, 1.807) is 4.72 Å². The second-order valence-corrected chi connectivity index (χ2v) is 5.70. The van der Waals surface area contributed by atoms with E-state index in [4.69, 9.17) is 5.11 Å². The molecular formula is C10H11FN2O7S. The summed E-state index contributed by atoms with van der Waals surface area (Å²) in [6.07, 6.45) is -1.61. The fourth-order valence-electron chi connectivity index (χ4n) is 1.48. The van der Waals surface area contributed by atoms with Crippen molar-refractivity contribution in [3.63, 3.8) is 0 Å². The number of nitro benzene ring substituents is 1. The average molecular weight is 322 g/mol. The Bertz CT molecular complexity index is 674. The van der Waals surface area contributed by atoms with Crippen molar-refractivity contribution in [2.75, 3.05) is 0 Å². The van der Waals surface area contributed by atoms with E-state index < -0.39 is 49.5 Å². The Labute approximate surface area is 118 Å². The summed E-state index contributed by atoms with van der Waals surface area (Å²) >= 11 is 0. The normalized spacial score (nSPS) is 14.4. The van der Waals surface area contributed by atoms with Crippen LogP contribution in [-0.2, 0) is 14.8 Å². The van der Waals surface area contributed by atoms with Crippen LogP contribution in [0.15, 0.2) is 23.1 Å². The molecule has 0 aromatic heterocycles. The number of carboxylic acids is 1. The number of aliphatic hydroxyl groups is 1. The highest BCUT2D eigenvalue weighted by molar-refractivity contribution is 7.89. The summed E-state index contributed by atoms with van der Waals surface area (Å²) in [5.74, 6) is -3.07. The lowest BCUT2D eigenvalue weighted by atomic mass is 10.2. The first kappa shape index (κ1) is 16.9. The van der Waals surface area contributed by atoms with Crippen molar-refractivity contribution in [1.29, 1.82) is 0 Å². The maximum Gasteiger partial charge on any atom is 0.324 e. The number of rotatable bonds is 6. The van der Waals surface area contributed by atoms with Crippen LogP contribution in [0.25, 0.3) is 0 Å². The number of para-hydroxylation sites is 1. The third-order valence-electron chi connectivity index (χ3n) is 2.45. The predicted octanol–water partition coefficient (Wildman–Crippen LogP) is -0.154. The monoisotopic (exact) mass is 322 g/mol. The van der Waals surface area contributed by atoms with Gasteiger partial charge in [0.1, 0.15) is 6.04 Å². The zero-order valence-corrected chi connectivity index (χ0v) is 11.4. The van der Waals surface area contributed by atoms with Crippen molar-refractivity contribution < 1.29 is 32.7 Å². The molecule has 0 aliphatic carbocycles. The molecule has 1 aromatic carbocycles. The number of hydrogen-bond acceptors (Lipinski definition) is 6. The second-order valence-electron chi connectivity index (χ2n) is 4.02. The van der Waals surface area contributed by atoms with Gasteiger partial charge in [0.15, 0.2) is 4.90 Å². The molecule has 0 saturated heterocycles. The molecular weight excluding hydrogens is 311 g/mol. The molecule has 0 saturated carbocycles. The number of nitro groups is 1. The first-order valence-corrected chi connectivity index (χ1v) is 6.92. The minimum Gasteiger partial charge on any atom is -0.480 e. The van der Waals surface area contributed by atoms with Crippen LogP contribution in [0.1, 0.15) is 6.92 Å². The van der Waals surface area contributed by atoms with E-state index >= 15 is 0 Å². The van der Waals surface area contributed by atoms with Gasteiger partial charge >= 0.3 is 11.7 Å². The number of hydrogen-bond donors (Lipinski definition) is 3. The topological polar surface area (TPSA) is 147 Å². The van der Waals surface area contributed by atoms with Crippen LogP contribution in [0.5, 0.6) is 0 Å². The van der Waals surface area contributed by atoms with Crippen LogP contribution in [-0.4, -0.2) is 41.7 Å². The minimum absolute atomic E-state index is 0.695. The van der Waals surface area contributed by atoms with E-state index in [9.17, 15) is 32.8 Å². The van der Waals surface area contributed by atoms with Gasteiger partial charge in [0.2, 0.25) is 15.8 Å². The molecule has 2 unspecified atom stereocenters. The summed E-state index contributed by atoms with van der Waals surface area (Å²) in [5.41, 5.74) is -1.31. The molecule has 0 heterocycles. The van der Waals surface area contributed by atoms with Crippen molar-refractivity contribution in [2.24, 2.45) is 0 Å². The van der Waals surface area contributed by atoms with Crippen molar-refractivity contribution in [3.05, 3.63) is 34.1 Å². The van der Waals surface area contributed by atoms with Gasteiger partial charge in [-0.25, -0.2) is 8.42 Å². The molecule has 1 rings (SSSR count). The zero-order chi connectivity index (χ0) is 16.4. The molecule has 9 nitrogen and oxygen atoms in total. The summed E-state index contributed by atoms with van der Waals surface area (Å²) in [7, 11) is -4.72. The first-order chi connectivity index (χ1) is 9.58. The molecule has 3 N–H and O–H groups in total. The van der Waals surface area contributed by atoms with Gasteiger partial charge in [0, 0.05) is 0 Å². The number of benzene rings is 1. The Hall–Kier alpha value is -2.11. The number of nitrogens with zero attached hydrogens (tertiary/aromatic N) is 1. The number of nitrogens with one attached hydrogen (secondary N) is 1. The third-order valence-corrected chi connectivity index (χ3v) is 3.93. The second kappa shape index (κ2) is 6.11. The van der Waals surface area contributed by atoms with Gasteiger partial charge in [-0.15, -0.1) is 0 Å². The van der Waals surface area contributed by atoms with Gasteiger partial charge in [0.05, 0.1) is 11.0 Å². The lowest BCUT2D eigenvalue weighted by Gasteiger charge is -2.17. The van der Waals surface area contributed by atoms with Crippen LogP contribution in [0.4, 0.5) is 10.1 Å². The molecule has 0 spiro atoms. The zero-order valence-electron chi connectivity index (χ0n) is 10.6. The molecule has 0 amide bonds. The summed E-state index contributed by atoms with van der Waals surface area (Å²) < 4.78 is 38.9. The standard InChI is InChI=1S/C10H11FN2O7S/c1-5(14)8(10(15)16)12-21(19,20)7-4-2-3-6(11)9(7)13(17)18/h2-5,8,12,14H,1H3,(H,15,16). The van der Waals surface area contributed by atoms with Crippen molar-refractivity contribution in [2.45, 2.75) is 24.0 Å². The highest BCUT2D eigenvalue weighted by atomic mass is 32.2. The molecule has 11 heteroatoms. The van der Waals surface area contributed by atoms with Gasteiger partial charge in [-0.3, -0.25) is 14.9 Å². The molecule has 0 radical (unpaired) electrons. The number of carboxylic acid groups (broad SMARTS) is 1. The average Bonchev–Trinajstić information content (AvgIpc) is 2.34. The van der Waals surface area contributed by atoms with E-state index in [-0.39, 0.29) is 0 Å². The van der Waals surface area contributed by atoms with Gasteiger partial charge in [-0.05, 0) is 19.1 Å². The number of sulfonamides is 1. The maximum atomic E-state index is 13.4. The van der Waals surface area contributed by atoms with E-state index in [0.29, 0.717) is 6.07 Å². The van der Waals surface area contributed by atoms with Crippen LogP contribution >= 0.6 is 0 Å². The molecule has 0 bridgehead atoms. The van der Waals surface area contributed by atoms with Gasteiger partial charge < -0.3 is 10.2 Å². The van der Waals surface area contributed by atoms with E-state index in [2.05, 4.69) is 0 Å². The summed E-state index contributed by atoms with van der Waals surface area (Å²) in [5, 5.41) is 28.8. The SMILES string of the molecule is CC(O)C(NS(=O)(=O)c1cccc(F)c1[N+](=O)[O-])C(=O)O. The lowest BCUT2D eigenvalue weighted by molar-refractivity contribution is -0.390. The van der Waals surface area contributed by atoms with Crippen LogP contribution < -0.4 is 4.72 Å². The Balaban J connectivity index is 3.36. The van der Waals surface area contributed by atoms with E-state index in [1.165, 1.54) is 0 Å². The predicted molar refractivity (Wildman–Crippen MR) is 66.5 cm³/mol. The van der Waals surface area contributed by atoms with E-state index in [1.807, 2.05) is 0 Å². The summed E-state index contributed by atoms with van der Waals surface area (Å²) in [4.78, 5) is 19.3. The van der Waals surface area contributed by atoms with Crippen LogP contribution in [0.2, 0.25) is 0 Å². The number of carbonyl (C=O) groups is 1. The summed E-state index contributed by atoms with van der Waals surface area (Å²) in [6, 6.07) is 0.443. The molecule has 0 fully saturated rings. The number of halogens is 1.